The minimum atomic E-state index is -1.22. The van der Waals surface area contributed by atoms with E-state index in [-0.39, 0.29) is 17.7 Å². The van der Waals surface area contributed by atoms with E-state index in [1.54, 1.807) is 13.0 Å². The topological polar surface area (TPSA) is 77.3 Å². The maximum Gasteiger partial charge on any atom is 0.274 e. The zero-order valence-electron chi connectivity index (χ0n) is 12.4. The van der Waals surface area contributed by atoms with Gasteiger partial charge in [0.1, 0.15) is 18.0 Å². The first-order chi connectivity index (χ1) is 10.9. The van der Waals surface area contributed by atoms with Gasteiger partial charge in [-0.3, -0.25) is 14.9 Å². The number of nitro groups is 1. The van der Waals surface area contributed by atoms with Gasteiger partial charge in [0.15, 0.2) is 5.78 Å². The molecular formula is C17H14FNO4. The summed E-state index contributed by atoms with van der Waals surface area (Å²) in [5.74, 6) is -2.12. The van der Waals surface area contributed by atoms with Crippen molar-refractivity contribution in [3.63, 3.8) is 0 Å². The molecule has 23 heavy (non-hydrogen) atoms. The lowest BCUT2D eigenvalue weighted by atomic mass is 9.88. The largest absolute Gasteiger partial charge is 0.302 e. The number of halogens is 1. The van der Waals surface area contributed by atoms with E-state index in [9.17, 15) is 24.1 Å². The summed E-state index contributed by atoms with van der Waals surface area (Å²) in [6.45, 7) is 1.62. The van der Waals surface area contributed by atoms with E-state index in [2.05, 4.69) is 0 Å². The summed E-state index contributed by atoms with van der Waals surface area (Å²) in [7, 11) is 0. The van der Waals surface area contributed by atoms with Gasteiger partial charge in [-0.1, -0.05) is 24.3 Å². The van der Waals surface area contributed by atoms with Crippen LogP contribution in [0, 0.1) is 22.9 Å². The Kier molecular flexibility index (Phi) is 4.95. The van der Waals surface area contributed by atoms with Crippen molar-refractivity contribution in [1.82, 2.24) is 0 Å². The molecule has 118 valence electrons. The molecule has 5 nitrogen and oxygen atoms in total. The van der Waals surface area contributed by atoms with Gasteiger partial charge in [0.2, 0.25) is 0 Å². The molecule has 0 aromatic heterocycles. The molecule has 6 heteroatoms. The van der Waals surface area contributed by atoms with E-state index in [0.29, 0.717) is 17.4 Å². The fourth-order valence-electron chi connectivity index (χ4n) is 2.45. The van der Waals surface area contributed by atoms with Crippen molar-refractivity contribution >= 4 is 17.8 Å². The highest BCUT2D eigenvalue weighted by Gasteiger charge is 2.29. The van der Waals surface area contributed by atoms with E-state index < -0.39 is 22.4 Å². The number of carbonyl (C=O) groups excluding carboxylic acids is 2. The molecule has 2 aromatic carbocycles. The van der Waals surface area contributed by atoms with Crippen LogP contribution < -0.4 is 0 Å². The molecule has 1 unspecified atom stereocenters. The van der Waals surface area contributed by atoms with Gasteiger partial charge in [-0.2, -0.15) is 0 Å². The van der Waals surface area contributed by atoms with E-state index in [4.69, 9.17) is 0 Å². The van der Waals surface area contributed by atoms with Crippen LogP contribution in [0.1, 0.15) is 22.6 Å². The Balaban J connectivity index is 2.36. The summed E-state index contributed by atoms with van der Waals surface area (Å²) in [5.41, 5.74) is 0.900. The Morgan fingerprint density at radius 1 is 1.26 bits per heavy atom. The van der Waals surface area contributed by atoms with E-state index in [0.717, 1.165) is 0 Å². The third-order valence-electron chi connectivity index (χ3n) is 3.58. The highest BCUT2D eigenvalue weighted by molar-refractivity contribution is 6.01. The second-order valence-corrected chi connectivity index (χ2v) is 5.15. The van der Waals surface area contributed by atoms with Crippen molar-refractivity contribution in [2.24, 2.45) is 0 Å². The number of hydrogen-bond donors (Lipinski definition) is 0. The second-order valence-electron chi connectivity index (χ2n) is 5.15. The fourth-order valence-corrected chi connectivity index (χ4v) is 2.45. The van der Waals surface area contributed by atoms with E-state index in [1.165, 1.54) is 36.4 Å². The predicted molar refractivity (Wildman–Crippen MR) is 81.7 cm³/mol. The molecule has 0 saturated heterocycles. The maximum absolute atomic E-state index is 12.9. The number of aldehydes is 1. The van der Waals surface area contributed by atoms with Gasteiger partial charge in [0.05, 0.1) is 10.5 Å². The van der Waals surface area contributed by atoms with Crippen molar-refractivity contribution in [3.8, 4) is 0 Å². The van der Waals surface area contributed by atoms with Gasteiger partial charge in [0.25, 0.3) is 5.69 Å². The summed E-state index contributed by atoms with van der Waals surface area (Å²) in [5, 5.41) is 11.1. The van der Waals surface area contributed by atoms with Crippen molar-refractivity contribution in [2.45, 2.75) is 19.3 Å². The summed E-state index contributed by atoms with van der Waals surface area (Å²) in [6, 6.07) is 9.71. The normalized spacial score (nSPS) is 11.7. The molecule has 0 saturated carbocycles. The van der Waals surface area contributed by atoms with E-state index in [1.807, 2.05) is 0 Å². The number of hydrogen-bond acceptors (Lipinski definition) is 4. The van der Waals surface area contributed by atoms with Gasteiger partial charge in [0, 0.05) is 12.5 Å². The average Bonchev–Trinajstić information content (AvgIpc) is 2.51. The Morgan fingerprint density at radius 3 is 2.48 bits per heavy atom. The molecule has 0 bridgehead atoms. The molecule has 1 atom stereocenters. The van der Waals surface area contributed by atoms with Crippen molar-refractivity contribution in [1.29, 1.82) is 0 Å². The molecule has 0 spiro atoms. The summed E-state index contributed by atoms with van der Waals surface area (Å²) in [6.07, 6.45) is 0.316. The van der Waals surface area contributed by atoms with Crippen LogP contribution in [0.5, 0.6) is 0 Å². The summed E-state index contributed by atoms with van der Waals surface area (Å²) >= 11 is 0. The van der Waals surface area contributed by atoms with Crippen molar-refractivity contribution in [3.05, 3.63) is 75.1 Å². The summed E-state index contributed by atoms with van der Waals surface area (Å²) < 4.78 is 12.9. The SMILES string of the molecule is Cc1cccc([N+](=O)[O-])c1C(C=O)C(=O)Cc1ccc(F)cc1. The van der Waals surface area contributed by atoms with Crippen LogP contribution in [0.15, 0.2) is 42.5 Å². The summed E-state index contributed by atoms with van der Waals surface area (Å²) in [4.78, 5) is 34.4. The molecule has 2 aromatic rings. The zero-order chi connectivity index (χ0) is 17.0. The number of nitro benzene ring substituents is 1. The van der Waals surface area contributed by atoms with Gasteiger partial charge >= 0.3 is 0 Å². The molecule has 0 aliphatic carbocycles. The minimum absolute atomic E-state index is 0.102. The van der Waals surface area contributed by atoms with Gasteiger partial charge in [-0.05, 0) is 30.2 Å². The van der Waals surface area contributed by atoms with Crippen LogP contribution in [-0.2, 0) is 16.0 Å². The standard InChI is InChI=1S/C17H14FNO4/c1-11-3-2-4-15(19(22)23)17(11)14(10-20)16(21)9-12-5-7-13(18)8-6-12/h2-8,10,14H,9H2,1H3. The average molecular weight is 315 g/mol. The molecule has 0 aliphatic rings. The first kappa shape index (κ1) is 16.5. The first-order valence-electron chi connectivity index (χ1n) is 6.90. The van der Waals surface area contributed by atoms with Crippen LogP contribution in [0.25, 0.3) is 0 Å². The van der Waals surface area contributed by atoms with Gasteiger partial charge < -0.3 is 4.79 Å². The molecule has 2 rings (SSSR count). The van der Waals surface area contributed by atoms with Gasteiger partial charge in [-0.25, -0.2) is 4.39 Å². The molecular weight excluding hydrogens is 301 g/mol. The highest BCUT2D eigenvalue weighted by Crippen LogP contribution is 2.30. The molecule has 0 radical (unpaired) electrons. The minimum Gasteiger partial charge on any atom is -0.302 e. The van der Waals surface area contributed by atoms with E-state index >= 15 is 0 Å². The quantitative estimate of drug-likeness (QED) is 0.355. The maximum atomic E-state index is 12.9. The Bertz CT molecular complexity index is 756. The van der Waals surface area contributed by atoms with Crippen LogP contribution in [-0.4, -0.2) is 17.0 Å². The lowest BCUT2D eigenvalue weighted by molar-refractivity contribution is -0.385. The number of benzene rings is 2. The zero-order valence-corrected chi connectivity index (χ0v) is 12.4. The Morgan fingerprint density at radius 2 is 1.91 bits per heavy atom. The molecule has 0 amide bonds. The number of Topliss-reactive ketones (excluding diaryl/α,β-unsaturated/α-hetero) is 1. The van der Waals surface area contributed by atoms with Crippen LogP contribution in [0.2, 0.25) is 0 Å². The number of rotatable bonds is 6. The third kappa shape index (κ3) is 3.66. The predicted octanol–water partition coefficient (Wildman–Crippen LogP) is 3.14. The van der Waals surface area contributed by atoms with Crippen LogP contribution in [0.3, 0.4) is 0 Å². The van der Waals surface area contributed by atoms with Crippen molar-refractivity contribution in [2.75, 3.05) is 0 Å². The number of nitrogens with zero attached hydrogens (tertiary/aromatic N) is 1. The number of carbonyl (C=O) groups is 2. The second kappa shape index (κ2) is 6.91. The highest BCUT2D eigenvalue weighted by atomic mass is 19.1. The molecule has 0 N–H and O–H groups in total. The fraction of sp³-hybridized carbons (Fsp3) is 0.176. The van der Waals surface area contributed by atoms with Crippen LogP contribution >= 0.6 is 0 Å². The van der Waals surface area contributed by atoms with Crippen molar-refractivity contribution < 1.29 is 18.9 Å². The molecule has 0 aliphatic heterocycles. The third-order valence-corrected chi connectivity index (χ3v) is 3.58. The van der Waals surface area contributed by atoms with Crippen LogP contribution in [0.4, 0.5) is 10.1 Å². The number of ketones is 1. The molecule has 0 fully saturated rings. The lowest BCUT2D eigenvalue weighted by Crippen LogP contribution is -2.19. The monoisotopic (exact) mass is 315 g/mol. The first-order valence-corrected chi connectivity index (χ1v) is 6.90. The van der Waals surface area contributed by atoms with Gasteiger partial charge in [-0.15, -0.1) is 0 Å². The number of aryl methyl sites for hydroxylation is 1. The smallest absolute Gasteiger partial charge is 0.274 e. The lowest BCUT2D eigenvalue weighted by Gasteiger charge is -2.13. The Hall–Kier alpha value is -2.89. The molecule has 0 heterocycles. The Labute approximate surface area is 131 Å².